The van der Waals surface area contributed by atoms with E-state index < -0.39 is 0 Å². The Labute approximate surface area is 92.7 Å². The molecule has 0 saturated carbocycles. The Bertz CT molecular complexity index is 287. The van der Waals surface area contributed by atoms with Crippen molar-refractivity contribution in [2.75, 3.05) is 6.61 Å². The zero-order chi connectivity index (χ0) is 11.3. The van der Waals surface area contributed by atoms with Gasteiger partial charge in [-0.3, -0.25) is 4.99 Å². The van der Waals surface area contributed by atoms with Crippen molar-refractivity contribution >= 4 is 6.21 Å². The summed E-state index contributed by atoms with van der Waals surface area (Å²) in [5.74, 6) is 1.66. The molecule has 0 fully saturated rings. The Morgan fingerprint density at radius 1 is 1.40 bits per heavy atom. The van der Waals surface area contributed by atoms with E-state index in [9.17, 15) is 0 Å². The molecule has 0 aromatic carbocycles. The molecule has 0 N–H and O–H groups in total. The fourth-order valence-corrected chi connectivity index (χ4v) is 1.28. The highest BCUT2D eigenvalue weighted by Crippen LogP contribution is 2.13. The largest absolute Gasteiger partial charge is 0.496 e. The Morgan fingerprint density at radius 2 is 2.13 bits per heavy atom. The number of hydrogen-bond donors (Lipinski definition) is 0. The Kier molecular flexibility index (Phi) is 4.60. The predicted molar refractivity (Wildman–Crippen MR) is 65.2 cm³/mol. The van der Waals surface area contributed by atoms with Gasteiger partial charge >= 0.3 is 0 Å². The van der Waals surface area contributed by atoms with Crippen LogP contribution < -0.4 is 0 Å². The Balaban J connectivity index is 2.49. The normalized spacial score (nSPS) is 21.0. The van der Waals surface area contributed by atoms with E-state index in [0.29, 0.717) is 5.92 Å². The summed E-state index contributed by atoms with van der Waals surface area (Å²) in [6.45, 7) is 9.30. The van der Waals surface area contributed by atoms with Crippen molar-refractivity contribution in [2.24, 2.45) is 10.9 Å². The average molecular weight is 207 g/mol. The minimum Gasteiger partial charge on any atom is -0.496 e. The number of hydrogen-bond acceptors (Lipinski definition) is 2. The van der Waals surface area contributed by atoms with Crippen molar-refractivity contribution in [3.8, 4) is 0 Å². The van der Waals surface area contributed by atoms with Crippen LogP contribution >= 0.6 is 0 Å². The molecule has 0 amide bonds. The first-order valence-corrected chi connectivity index (χ1v) is 5.64. The third-order valence-corrected chi connectivity index (χ3v) is 2.39. The summed E-state index contributed by atoms with van der Waals surface area (Å²) in [4.78, 5) is 4.40. The van der Waals surface area contributed by atoms with E-state index in [1.54, 1.807) is 0 Å². The van der Waals surface area contributed by atoms with Crippen molar-refractivity contribution in [1.29, 1.82) is 0 Å². The minimum absolute atomic E-state index is 0.144. The summed E-state index contributed by atoms with van der Waals surface area (Å²) in [5.41, 5.74) is 1.17. The highest BCUT2D eigenvalue weighted by molar-refractivity contribution is 5.79. The van der Waals surface area contributed by atoms with Gasteiger partial charge in [-0.25, -0.2) is 0 Å². The van der Waals surface area contributed by atoms with E-state index in [2.05, 4.69) is 31.8 Å². The standard InChI is InChI=1S/C13H21NO/c1-10(2)7-8-15-13-6-5-11(3)9-14-12(13)4/h5-6,9-10,12H,7-8H2,1-4H3/t12-/m1/s1. The van der Waals surface area contributed by atoms with Crippen LogP contribution in [0, 0.1) is 5.92 Å². The summed E-state index contributed by atoms with van der Waals surface area (Å²) < 4.78 is 5.74. The van der Waals surface area contributed by atoms with Crippen LogP contribution in [0.25, 0.3) is 0 Å². The molecule has 0 aliphatic carbocycles. The van der Waals surface area contributed by atoms with Gasteiger partial charge in [0.2, 0.25) is 0 Å². The number of ether oxygens (including phenoxy) is 1. The molecule has 2 heteroatoms. The maximum atomic E-state index is 5.74. The van der Waals surface area contributed by atoms with Crippen LogP contribution in [-0.2, 0) is 4.74 Å². The molecule has 1 heterocycles. The summed E-state index contributed by atoms with van der Waals surface area (Å²) in [6.07, 6.45) is 7.08. The molecule has 0 saturated heterocycles. The van der Waals surface area contributed by atoms with Crippen molar-refractivity contribution in [1.82, 2.24) is 0 Å². The molecule has 0 bridgehead atoms. The molecule has 2 nitrogen and oxygen atoms in total. The molecular formula is C13H21NO. The molecule has 0 unspecified atom stereocenters. The summed E-state index contributed by atoms with van der Waals surface area (Å²) in [5, 5.41) is 0. The van der Waals surface area contributed by atoms with Gasteiger partial charge < -0.3 is 4.74 Å². The lowest BCUT2D eigenvalue weighted by Crippen LogP contribution is -2.08. The van der Waals surface area contributed by atoms with Crippen molar-refractivity contribution < 1.29 is 4.74 Å². The molecular weight excluding hydrogens is 186 g/mol. The van der Waals surface area contributed by atoms with Crippen LogP contribution in [-0.4, -0.2) is 18.9 Å². The molecule has 1 atom stereocenters. The van der Waals surface area contributed by atoms with Crippen LogP contribution in [0.5, 0.6) is 0 Å². The lowest BCUT2D eigenvalue weighted by Gasteiger charge is -2.13. The van der Waals surface area contributed by atoms with Gasteiger partial charge in [0.05, 0.1) is 6.61 Å². The van der Waals surface area contributed by atoms with Gasteiger partial charge in [-0.15, -0.1) is 0 Å². The number of nitrogens with zero attached hydrogens (tertiary/aromatic N) is 1. The first-order valence-electron chi connectivity index (χ1n) is 5.64. The van der Waals surface area contributed by atoms with Gasteiger partial charge in [-0.1, -0.05) is 19.9 Å². The third-order valence-electron chi connectivity index (χ3n) is 2.39. The molecule has 0 spiro atoms. The second kappa shape index (κ2) is 5.74. The fourth-order valence-electron chi connectivity index (χ4n) is 1.28. The smallest absolute Gasteiger partial charge is 0.120 e. The van der Waals surface area contributed by atoms with Crippen LogP contribution in [0.2, 0.25) is 0 Å². The summed E-state index contributed by atoms with van der Waals surface area (Å²) in [7, 11) is 0. The van der Waals surface area contributed by atoms with Crippen LogP contribution in [0.15, 0.2) is 28.5 Å². The van der Waals surface area contributed by atoms with E-state index in [1.165, 1.54) is 5.57 Å². The van der Waals surface area contributed by atoms with E-state index in [-0.39, 0.29) is 6.04 Å². The Hall–Kier alpha value is -1.05. The van der Waals surface area contributed by atoms with E-state index in [0.717, 1.165) is 18.8 Å². The number of rotatable bonds is 4. The maximum Gasteiger partial charge on any atom is 0.120 e. The first kappa shape index (κ1) is 12.0. The minimum atomic E-state index is 0.144. The van der Waals surface area contributed by atoms with Gasteiger partial charge in [-0.05, 0) is 37.8 Å². The highest BCUT2D eigenvalue weighted by atomic mass is 16.5. The van der Waals surface area contributed by atoms with Crippen LogP contribution in [0.3, 0.4) is 0 Å². The van der Waals surface area contributed by atoms with E-state index >= 15 is 0 Å². The van der Waals surface area contributed by atoms with Gasteiger partial charge in [0, 0.05) is 6.21 Å². The van der Waals surface area contributed by atoms with Gasteiger partial charge in [0.25, 0.3) is 0 Å². The molecule has 0 aromatic rings. The van der Waals surface area contributed by atoms with Crippen molar-refractivity contribution in [3.63, 3.8) is 0 Å². The third kappa shape index (κ3) is 4.32. The zero-order valence-electron chi connectivity index (χ0n) is 10.2. The average Bonchev–Trinajstić information content (AvgIpc) is 2.32. The maximum absolute atomic E-state index is 5.74. The number of allylic oxidation sites excluding steroid dienone is 3. The van der Waals surface area contributed by atoms with Crippen molar-refractivity contribution in [2.45, 2.75) is 40.2 Å². The molecule has 84 valence electrons. The number of aliphatic imine (C=N–C) groups is 1. The van der Waals surface area contributed by atoms with Gasteiger partial charge in [0.1, 0.15) is 11.8 Å². The van der Waals surface area contributed by atoms with Crippen LogP contribution in [0.1, 0.15) is 34.1 Å². The second-order valence-corrected chi connectivity index (χ2v) is 4.46. The quantitative estimate of drug-likeness (QED) is 0.692. The second-order valence-electron chi connectivity index (χ2n) is 4.46. The summed E-state index contributed by atoms with van der Waals surface area (Å²) >= 11 is 0. The highest BCUT2D eigenvalue weighted by Gasteiger charge is 2.09. The van der Waals surface area contributed by atoms with E-state index in [4.69, 9.17) is 4.74 Å². The van der Waals surface area contributed by atoms with Crippen molar-refractivity contribution in [3.05, 3.63) is 23.5 Å². The fraction of sp³-hybridized carbons (Fsp3) is 0.615. The molecule has 1 aliphatic rings. The van der Waals surface area contributed by atoms with Crippen LogP contribution in [0.4, 0.5) is 0 Å². The lowest BCUT2D eigenvalue weighted by molar-refractivity contribution is 0.182. The SMILES string of the molecule is CC1=CC=C(OCCC(C)C)[C@@H](C)N=C1. The molecule has 1 rings (SSSR count). The summed E-state index contributed by atoms with van der Waals surface area (Å²) in [6, 6.07) is 0.144. The topological polar surface area (TPSA) is 21.6 Å². The monoisotopic (exact) mass is 207 g/mol. The molecule has 1 aliphatic heterocycles. The Morgan fingerprint density at radius 3 is 2.80 bits per heavy atom. The first-order chi connectivity index (χ1) is 7.09. The molecule has 0 radical (unpaired) electrons. The molecule has 15 heavy (non-hydrogen) atoms. The van der Waals surface area contributed by atoms with E-state index in [1.807, 2.05) is 19.2 Å². The van der Waals surface area contributed by atoms with Gasteiger partial charge in [0.15, 0.2) is 0 Å². The predicted octanol–water partition coefficient (Wildman–Crippen LogP) is 3.35. The van der Waals surface area contributed by atoms with Gasteiger partial charge in [-0.2, -0.15) is 0 Å². The molecule has 0 aromatic heterocycles. The lowest BCUT2D eigenvalue weighted by atomic mass is 10.1. The zero-order valence-corrected chi connectivity index (χ0v) is 10.2.